The number of benzene rings is 2. The lowest BCUT2D eigenvalue weighted by molar-refractivity contribution is -0.668. The van der Waals surface area contributed by atoms with Gasteiger partial charge in [-0.05, 0) is 55.5 Å². The number of aliphatic hydroxyl groups is 2. The molecule has 6 amide bonds. The van der Waals surface area contributed by atoms with E-state index in [-0.39, 0.29) is 155 Å². The number of nitrogens with one attached hydrogen (secondary N) is 4. The zero-order valence-corrected chi connectivity index (χ0v) is 47.0. The van der Waals surface area contributed by atoms with Gasteiger partial charge in [0.25, 0.3) is 10.2 Å². The Balaban J connectivity index is 1.10. The smallest absolute Gasteiger partial charge is 0.312 e. The number of imide groups is 1. The molecule has 0 radical (unpaired) electrons. The average molecular weight is 1170 g/mol. The molecule has 26 nitrogen and oxygen atoms in total. The predicted molar refractivity (Wildman–Crippen MR) is 293 cm³/mol. The molecule has 2 aromatic carbocycles. The van der Waals surface area contributed by atoms with Crippen LogP contribution in [0.4, 0.5) is 20.7 Å². The molecule has 28 heteroatoms. The number of nitrogens with two attached hydrogens (primary N) is 3. The molecule has 6 rings (SSSR count). The summed E-state index contributed by atoms with van der Waals surface area (Å²) in [6.45, 7) is 8.32. The summed E-state index contributed by atoms with van der Waals surface area (Å²) in [5.41, 5.74) is 13.3. The maximum Gasteiger partial charge on any atom is 0.312 e. The predicted octanol–water partition coefficient (Wildman–Crippen LogP) is 0.242. The number of likely N-dealkylation sites (tertiary alicyclic amines) is 1. The van der Waals surface area contributed by atoms with Gasteiger partial charge in [-0.2, -0.15) is 13.1 Å². The van der Waals surface area contributed by atoms with Crippen molar-refractivity contribution >= 4 is 68.2 Å². The summed E-state index contributed by atoms with van der Waals surface area (Å²) in [5.74, 6) is 2.08. The number of fused-ring (bicyclic) bond motifs is 1. The molecule has 82 heavy (non-hydrogen) atoms. The van der Waals surface area contributed by atoms with E-state index in [1.54, 1.807) is 62.6 Å². The Morgan fingerprint density at radius 1 is 0.988 bits per heavy atom. The Morgan fingerprint density at radius 2 is 1.68 bits per heavy atom. The Hall–Kier alpha value is -7.20. The molecule has 2 saturated heterocycles. The number of carbonyl (C=O) groups excluding carboxylic acids is 6. The van der Waals surface area contributed by atoms with Crippen molar-refractivity contribution in [3.63, 3.8) is 0 Å². The summed E-state index contributed by atoms with van der Waals surface area (Å²) in [4.78, 5) is 81.9. The Kier molecular flexibility index (Phi) is 23.6. The minimum absolute atomic E-state index is 0.00293. The van der Waals surface area contributed by atoms with E-state index < -0.39 is 76.9 Å². The lowest BCUT2D eigenvalue weighted by Crippen LogP contribution is -2.45. The zero-order chi connectivity index (χ0) is 59.7. The number of nitrogens with zero attached hydrogens (tertiary/aromatic N) is 4. The number of carbonyl (C=O) groups is 6. The normalized spacial score (nSPS) is 18.8. The summed E-state index contributed by atoms with van der Waals surface area (Å²) in [7, 11) is -4.20. The van der Waals surface area contributed by atoms with Crippen molar-refractivity contribution in [2.75, 3.05) is 76.9 Å². The van der Waals surface area contributed by atoms with E-state index >= 15 is 4.39 Å². The van der Waals surface area contributed by atoms with Gasteiger partial charge in [-0.25, -0.2) is 23.5 Å². The van der Waals surface area contributed by atoms with Crippen molar-refractivity contribution in [2.24, 2.45) is 28.6 Å². The van der Waals surface area contributed by atoms with Crippen LogP contribution in [0.25, 0.3) is 11.0 Å². The third kappa shape index (κ3) is 17.9. The van der Waals surface area contributed by atoms with Gasteiger partial charge in [-0.15, -0.1) is 0 Å². The van der Waals surface area contributed by atoms with Gasteiger partial charge in [0.2, 0.25) is 47.6 Å². The van der Waals surface area contributed by atoms with Crippen LogP contribution in [0.15, 0.2) is 55.0 Å². The number of primary amides is 1. The molecule has 2 aliphatic heterocycles. The second-order valence-electron chi connectivity index (χ2n) is 20.0. The summed E-state index contributed by atoms with van der Waals surface area (Å²) in [5, 5.41) is 35.9. The van der Waals surface area contributed by atoms with E-state index in [1.807, 2.05) is 0 Å². The molecule has 0 spiro atoms. The molecule has 2 aromatic heterocycles. The number of anilines is 2. The van der Waals surface area contributed by atoms with Crippen molar-refractivity contribution in [3.05, 3.63) is 77.5 Å². The van der Waals surface area contributed by atoms with E-state index in [0.29, 0.717) is 17.7 Å². The largest absolute Gasteiger partial charge is 0.492 e. The van der Waals surface area contributed by atoms with Crippen molar-refractivity contribution < 1.29 is 80.0 Å². The van der Waals surface area contributed by atoms with Crippen LogP contribution in [0, 0.1) is 35.4 Å². The molecule has 2 fully saturated rings. The summed E-state index contributed by atoms with van der Waals surface area (Å²) in [6.07, 6.45) is -2.51. The first-order valence-electron chi connectivity index (χ1n) is 26.8. The van der Waals surface area contributed by atoms with E-state index in [2.05, 4.69) is 37.5 Å². The summed E-state index contributed by atoms with van der Waals surface area (Å²) < 4.78 is 72.0. The number of ether oxygens (including phenoxy) is 5. The highest BCUT2D eigenvalue weighted by atomic mass is 32.2. The van der Waals surface area contributed by atoms with E-state index in [9.17, 15) is 47.4 Å². The van der Waals surface area contributed by atoms with Gasteiger partial charge in [0, 0.05) is 49.9 Å². The lowest BCUT2D eigenvalue weighted by atomic mass is 9.89. The highest BCUT2D eigenvalue weighted by molar-refractivity contribution is 7.87. The van der Waals surface area contributed by atoms with Crippen LogP contribution in [-0.2, 0) is 59.7 Å². The average Bonchev–Trinajstić information content (AvgIpc) is 4.21. The second-order valence-corrected chi connectivity index (χ2v) is 21.4. The van der Waals surface area contributed by atoms with Gasteiger partial charge >= 0.3 is 6.03 Å². The highest BCUT2D eigenvalue weighted by Crippen LogP contribution is 2.35. The fourth-order valence-electron chi connectivity index (χ4n) is 9.27. The number of nitrogen functional groups attached to an aromatic ring is 1. The molecule has 0 aliphatic carbocycles. The molecule has 2 aliphatic rings. The number of amides is 6. The van der Waals surface area contributed by atoms with Crippen LogP contribution >= 0.6 is 0 Å². The summed E-state index contributed by atoms with van der Waals surface area (Å²) >= 11 is 0. The van der Waals surface area contributed by atoms with Crippen molar-refractivity contribution in [1.82, 2.24) is 29.8 Å². The molecular weight excluding hydrogens is 1090 g/mol. The number of hydrogen-bond acceptors (Lipinski definition) is 17. The van der Waals surface area contributed by atoms with Crippen LogP contribution in [0.3, 0.4) is 0 Å². The maximum atomic E-state index is 15.2. The number of halogens is 1. The minimum atomic E-state index is -4.20. The maximum absolute atomic E-state index is 15.2. The number of hydrogen-bond donors (Lipinski definition) is 9. The number of aromatic nitrogens is 3. The van der Waals surface area contributed by atoms with Crippen LogP contribution in [0.5, 0.6) is 5.75 Å². The fraction of sp³-hybridized carbons (Fsp3) is 0.519. The van der Waals surface area contributed by atoms with Crippen LogP contribution < -0.4 is 46.6 Å². The van der Waals surface area contributed by atoms with Crippen molar-refractivity contribution in [3.8, 4) is 17.6 Å². The molecule has 4 aromatic rings. The number of aliphatic hydroxyl groups excluding tert-OH is 2. The Bertz CT molecular complexity index is 3080. The standard InChI is InChI=1S/C54H72FN11O15S/c1-5-80-41-10-6-9-39(55)38(41)16-13-36-30-66(53-48(71)47(70)42(81-53)28-61-82(58,75)76)51-45(36)49(56)60-31-64(51)29-34-11-14-37(15-12-34)62-50(72)35(8-7-18-59-54(57)74)27-40(67)46(32(2)3)63-43(68)17-20-77-22-24-79-25-23-78-21-19-65-44(69)26-33(4)52(65)73/h6,9-12,14-15,30-33,35,42,46-48,53,56,61,70-71H,5,7-8,17-29H2,1-4H3,(H7,57,58,59,62,63,68,72,74,75,76)/p+1/t33?,35-,42-,46+,47-,48-,53-/m1/s1. The second kappa shape index (κ2) is 30.2. The SMILES string of the molecule is CCOc1cccc(F)c1C#Cc1cn([C@@H]2O[C@H](CNS(N)(=O)=O)[C@@H](O)[C@H]2O)c2c1c(N)nc[n+]2Cc1ccc(NC(=O)[C@H](CCCNC(N)=O)CC(=O)[C@@H](NC(=O)CCOCCOCCOCCN2C(=O)CC(C)C2=O)C(C)C)cc1. The highest BCUT2D eigenvalue weighted by Gasteiger charge is 2.47. The third-order valence-electron chi connectivity index (χ3n) is 13.5. The Labute approximate surface area is 474 Å². The zero-order valence-electron chi connectivity index (χ0n) is 46.1. The van der Waals surface area contributed by atoms with Crippen LogP contribution in [0.1, 0.15) is 82.7 Å². The molecule has 4 heterocycles. The number of rotatable bonds is 31. The molecule has 0 saturated carbocycles. The van der Waals surface area contributed by atoms with E-state index in [1.165, 1.54) is 34.1 Å². The number of ketones is 1. The van der Waals surface area contributed by atoms with Crippen LogP contribution in [0.2, 0.25) is 0 Å². The first-order valence-corrected chi connectivity index (χ1v) is 28.3. The first kappa shape index (κ1) is 64.0. The van der Waals surface area contributed by atoms with Gasteiger partial charge in [-0.3, -0.25) is 28.9 Å². The lowest BCUT2D eigenvalue weighted by Gasteiger charge is -2.24. The first-order chi connectivity index (χ1) is 39.1. The third-order valence-corrected chi connectivity index (χ3v) is 14.0. The molecular formula is C54H73FN11O15S+. The fourth-order valence-corrected chi connectivity index (χ4v) is 9.67. The molecule has 12 N–H and O–H groups in total. The Morgan fingerprint density at radius 3 is 2.33 bits per heavy atom. The number of Topliss-reactive ketones (excluding diaryl/α,β-unsaturated/α-hetero) is 1. The molecule has 1 unspecified atom stereocenters. The van der Waals surface area contributed by atoms with Gasteiger partial charge < -0.3 is 61.3 Å². The topological polar surface area (TPSA) is 374 Å². The number of urea groups is 1. The van der Waals surface area contributed by atoms with Crippen LogP contribution in [-0.4, -0.2) is 159 Å². The van der Waals surface area contributed by atoms with Crippen molar-refractivity contribution in [1.29, 1.82) is 0 Å². The van der Waals surface area contributed by atoms with E-state index in [4.69, 9.17) is 40.3 Å². The monoisotopic (exact) mass is 1170 g/mol. The molecule has 446 valence electrons. The molecule has 0 bridgehead atoms. The minimum Gasteiger partial charge on any atom is -0.492 e. The van der Waals surface area contributed by atoms with Gasteiger partial charge in [0.1, 0.15) is 40.8 Å². The van der Waals surface area contributed by atoms with Gasteiger partial charge in [-0.1, -0.05) is 55.8 Å². The van der Waals surface area contributed by atoms with Gasteiger partial charge in [0.15, 0.2) is 5.78 Å². The summed E-state index contributed by atoms with van der Waals surface area (Å²) in [6, 6.07) is 9.31. The quantitative estimate of drug-likeness (QED) is 0.0141. The molecule has 7 atom stereocenters. The van der Waals surface area contributed by atoms with E-state index in [0.717, 1.165) is 0 Å². The van der Waals surface area contributed by atoms with Gasteiger partial charge in [0.05, 0.1) is 77.1 Å². The van der Waals surface area contributed by atoms with Crippen molar-refractivity contribution in [2.45, 2.75) is 96.9 Å².